The van der Waals surface area contributed by atoms with E-state index in [1.807, 2.05) is 12.3 Å². The van der Waals surface area contributed by atoms with Gasteiger partial charge in [0.25, 0.3) is 0 Å². The molecule has 162 valence electrons. The first kappa shape index (κ1) is 20.5. The lowest BCUT2D eigenvalue weighted by Crippen LogP contribution is -2.36. The Bertz CT molecular complexity index is 1130. The molecular weight excluding hydrogens is 422 g/mol. The van der Waals surface area contributed by atoms with Gasteiger partial charge in [-0.2, -0.15) is 0 Å². The number of nitrogens with one attached hydrogen (secondary N) is 1. The van der Waals surface area contributed by atoms with Crippen LogP contribution in [0.5, 0.6) is 0 Å². The summed E-state index contributed by atoms with van der Waals surface area (Å²) in [6.07, 6.45) is 5.32. The van der Waals surface area contributed by atoms with E-state index < -0.39 is 0 Å². The number of rotatable bonds is 7. The third-order valence-corrected chi connectivity index (χ3v) is 6.04. The molecule has 0 unspecified atom stereocenters. The normalized spacial score (nSPS) is 13.8. The van der Waals surface area contributed by atoms with E-state index in [2.05, 4.69) is 79.0 Å². The molecule has 0 amide bonds. The Labute approximate surface area is 190 Å². The molecular formula is C23H23N7OS. The summed E-state index contributed by atoms with van der Waals surface area (Å²) in [5.41, 5.74) is 3.34. The third-order valence-electron chi connectivity index (χ3n) is 5.09. The maximum atomic E-state index is 5.43. The second-order valence-corrected chi connectivity index (χ2v) is 8.43. The van der Waals surface area contributed by atoms with E-state index in [1.165, 1.54) is 11.3 Å². The van der Waals surface area contributed by atoms with Crippen LogP contribution in [0.4, 0.5) is 17.3 Å². The number of hydrogen-bond acceptors (Lipinski definition) is 8. The van der Waals surface area contributed by atoms with Crippen LogP contribution in [0.1, 0.15) is 5.56 Å². The second-order valence-electron chi connectivity index (χ2n) is 7.34. The van der Waals surface area contributed by atoms with Crippen molar-refractivity contribution in [2.24, 2.45) is 0 Å². The monoisotopic (exact) mass is 445 g/mol. The van der Waals surface area contributed by atoms with Crippen molar-refractivity contribution in [2.45, 2.75) is 16.5 Å². The van der Waals surface area contributed by atoms with E-state index in [0.29, 0.717) is 12.5 Å². The van der Waals surface area contributed by atoms with Crippen molar-refractivity contribution >= 4 is 29.1 Å². The Morgan fingerprint density at radius 3 is 2.50 bits per heavy atom. The Morgan fingerprint density at radius 1 is 0.938 bits per heavy atom. The molecule has 2 aromatic heterocycles. The highest BCUT2D eigenvalue weighted by molar-refractivity contribution is 7.99. The minimum atomic E-state index is 0.580. The van der Waals surface area contributed by atoms with Crippen LogP contribution in [0.15, 0.2) is 83.1 Å². The number of aromatic nitrogens is 5. The zero-order valence-corrected chi connectivity index (χ0v) is 18.3. The first-order chi connectivity index (χ1) is 15.8. The summed E-state index contributed by atoms with van der Waals surface area (Å²) in [5.74, 6) is 0.580. The summed E-state index contributed by atoms with van der Waals surface area (Å²) in [5, 5.41) is 12.0. The smallest absolute Gasteiger partial charge is 0.228 e. The summed E-state index contributed by atoms with van der Waals surface area (Å²) < 4.78 is 7.23. The summed E-state index contributed by atoms with van der Waals surface area (Å²) in [6.45, 7) is 4.12. The highest BCUT2D eigenvalue weighted by atomic mass is 32.2. The van der Waals surface area contributed by atoms with Crippen LogP contribution in [0.3, 0.4) is 0 Å². The number of benzene rings is 2. The lowest BCUT2D eigenvalue weighted by molar-refractivity contribution is 0.122. The molecule has 1 fully saturated rings. The molecule has 1 aliphatic rings. The summed E-state index contributed by atoms with van der Waals surface area (Å²) >= 11 is 1.61. The van der Waals surface area contributed by atoms with Crippen LogP contribution >= 0.6 is 11.8 Å². The number of nitrogens with zero attached hydrogens (tertiary/aromatic N) is 6. The van der Waals surface area contributed by atoms with Crippen LogP contribution < -0.4 is 10.2 Å². The minimum absolute atomic E-state index is 0.580. The maximum Gasteiger partial charge on any atom is 0.228 e. The highest BCUT2D eigenvalue weighted by Crippen LogP contribution is 2.27. The maximum absolute atomic E-state index is 5.43. The largest absolute Gasteiger partial charge is 0.378 e. The van der Waals surface area contributed by atoms with E-state index >= 15 is 0 Å². The van der Waals surface area contributed by atoms with Gasteiger partial charge in [0.05, 0.1) is 26.0 Å². The van der Waals surface area contributed by atoms with Gasteiger partial charge in [0.2, 0.25) is 5.95 Å². The highest BCUT2D eigenvalue weighted by Gasteiger charge is 2.11. The molecule has 0 radical (unpaired) electrons. The van der Waals surface area contributed by atoms with Gasteiger partial charge in [0.1, 0.15) is 5.03 Å². The molecule has 1 saturated heterocycles. The van der Waals surface area contributed by atoms with Crippen LogP contribution in [0.25, 0.3) is 0 Å². The van der Waals surface area contributed by atoms with E-state index in [9.17, 15) is 0 Å². The molecule has 0 saturated carbocycles. The fourth-order valence-corrected chi connectivity index (χ4v) is 4.23. The van der Waals surface area contributed by atoms with Gasteiger partial charge >= 0.3 is 0 Å². The van der Waals surface area contributed by atoms with Gasteiger partial charge in [-0.05, 0) is 48.0 Å². The third kappa shape index (κ3) is 5.24. The Hall–Kier alpha value is -3.43. The van der Waals surface area contributed by atoms with Gasteiger partial charge in [-0.1, -0.05) is 29.1 Å². The molecule has 0 spiro atoms. The second kappa shape index (κ2) is 9.80. The first-order valence-electron chi connectivity index (χ1n) is 10.5. The molecule has 32 heavy (non-hydrogen) atoms. The van der Waals surface area contributed by atoms with Gasteiger partial charge in [-0.3, -0.25) is 0 Å². The number of morpholine rings is 1. The van der Waals surface area contributed by atoms with Crippen LogP contribution in [0.2, 0.25) is 0 Å². The molecule has 4 aromatic rings. The summed E-state index contributed by atoms with van der Waals surface area (Å²) in [4.78, 5) is 12.5. The molecule has 3 heterocycles. The van der Waals surface area contributed by atoms with Crippen molar-refractivity contribution in [2.75, 3.05) is 36.5 Å². The molecule has 9 heteroatoms. The topological polar surface area (TPSA) is 81.0 Å². The SMILES string of the molecule is c1cn(Cc2ccc(Sc3ccnc(Nc4ccc(N5CCOCC5)cc4)n3)cc2)nn1. The molecule has 0 bridgehead atoms. The van der Waals surface area contributed by atoms with Crippen LogP contribution in [-0.4, -0.2) is 51.3 Å². The van der Waals surface area contributed by atoms with E-state index in [1.54, 1.807) is 28.8 Å². The van der Waals surface area contributed by atoms with Gasteiger partial charge in [0, 0.05) is 41.8 Å². The zero-order chi connectivity index (χ0) is 21.6. The van der Waals surface area contributed by atoms with Gasteiger partial charge in [0.15, 0.2) is 0 Å². The predicted molar refractivity (Wildman–Crippen MR) is 124 cm³/mol. The van der Waals surface area contributed by atoms with E-state index in [-0.39, 0.29) is 0 Å². The van der Waals surface area contributed by atoms with Crippen LogP contribution in [-0.2, 0) is 11.3 Å². The number of hydrogen-bond donors (Lipinski definition) is 1. The Kier molecular flexibility index (Phi) is 6.27. The fourth-order valence-electron chi connectivity index (χ4n) is 3.45. The molecule has 5 rings (SSSR count). The minimum Gasteiger partial charge on any atom is -0.378 e. The fraction of sp³-hybridized carbons (Fsp3) is 0.217. The van der Waals surface area contributed by atoms with Crippen molar-refractivity contribution in [1.82, 2.24) is 25.0 Å². The van der Waals surface area contributed by atoms with Crippen molar-refractivity contribution in [3.8, 4) is 0 Å². The average molecular weight is 446 g/mol. The average Bonchev–Trinajstić information content (AvgIpc) is 3.35. The van der Waals surface area contributed by atoms with Crippen molar-refractivity contribution in [1.29, 1.82) is 0 Å². The van der Waals surface area contributed by atoms with Crippen molar-refractivity contribution < 1.29 is 4.74 Å². The van der Waals surface area contributed by atoms with Crippen molar-refractivity contribution in [3.05, 3.63) is 78.8 Å². The Morgan fingerprint density at radius 2 is 1.75 bits per heavy atom. The predicted octanol–water partition coefficient (Wildman–Crippen LogP) is 3.85. The lowest BCUT2D eigenvalue weighted by atomic mass is 10.2. The zero-order valence-electron chi connectivity index (χ0n) is 17.5. The molecule has 0 atom stereocenters. The van der Waals surface area contributed by atoms with Crippen LogP contribution in [0, 0.1) is 0 Å². The number of anilines is 3. The summed E-state index contributed by atoms with van der Waals surface area (Å²) in [7, 11) is 0. The van der Waals surface area contributed by atoms with E-state index in [4.69, 9.17) is 4.74 Å². The number of ether oxygens (including phenoxy) is 1. The lowest BCUT2D eigenvalue weighted by Gasteiger charge is -2.28. The quantitative estimate of drug-likeness (QED) is 0.430. The molecule has 2 aromatic carbocycles. The van der Waals surface area contributed by atoms with E-state index in [0.717, 1.165) is 41.9 Å². The molecule has 8 nitrogen and oxygen atoms in total. The standard InChI is InChI=1S/C23H23N7OS/c1-7-21(8-2-18(1)17-30-12-11-25-28-30)32-22-9-10-24-23(27-22)26-19-3-5-20(6-4-19)29-13-15-31-16-14-29/h1-12H,13-17H2,(H,24,26,27). The summed E-state index contributed by atoms with van der Waals surface area (Å²) in [6, 6.07) is 18.7. The molecule has 1 aliphatic heterocycles. The molecule has 0 aliphatic carbocycles. The molecule has 1 N–H and O–H groups in total. The van der Waals surface area contributed by atoms with Crippen molar-refractivity contribution in [3.63, 3.8) is 0 Å². The first-order valence-corrected chi connectivity index (χ1v) is 11.3. The van der Waals surface area contributed by atoms with Gasteiger partial charge in [-0.25, -0.2) is 14.6 Å². The Balaban J connectivity index is 1.21. The van der Waals surface area contributed by atoms with Gasteiger partial charge in [-0.15, -0.1) is 5.10 Å². The van der Waals surface area contributed by atoms with Gasteiger partial charge < -0.3 is 15.0 Å².